The minimum absolute atomic E-state index is 0.271. The lowest BCUT2D eigenvalue weighted by Crippen LogP contribution is -2.37. The zero-order valence-corrected chi connectivity index (χ0v) is 6.07. The predicted octanol–water partition coefficient (Wildman–Crippen LogP) is 0.355. The molecular formula is C8H12NO+. The molecule has 54 valence electrons. The van der Waals surface area contributed by atoms with Gasteiger partial charge < -0.3 is 5.11 Å². The van der Waals surface area contributed by atoms with Gasteiger partial charge in [-0.2, -0.15) is 0 Å². The number of pyridine rings is 1. The van der Waals surface area contributed by atoms with Crippen molar-refractivity contribution in [3.05, 3.63) is 30.6 Å². The first-order chi connectivity index (χ1) is 4.79. The Morgan fingerprint density at radius 1 is 1.30 bits per heavy atom. The van der Waals surface area contributed by atoms with E-state index in [1.807, 2.05) is 35.2 Å². The zero-order valence-electron chi connectivity index (χ0n) is 6.07. The van der Waals surface area contributed by atoms with Gasteiger partial charge in [0.2, 0.25) is 0 Å². The Hall–Kier alpha value is -0.890. The quantitative estimate of drug-likeness (QED) is 0.586. The van der Waals surface area contributed by atoms with Gasteiger partial charge in [0, 0.05) is 12.1 Å². The van der Waals surface area contributed by atoms with Crippen molar-refractivity contribution in [2.24, 2.45) is 0 Å². The third kappa shape index (κ3) is 2.15. The van der Waals surface area contributed by atoms with Crippen molar-refractivity contribution in [3.8, 4) is 0 Å². The van der Waals surface area contributed by atoms with Crippen molar-refractivity contribution in [3.63, 3.8) is 0 Å². The molecule has 1 N–H and O–H groups in total. The van der Waals surface area contributed by atoms with Gasteiger partial charge in [0.25, 0.3) is 0 Å². The normalized spacial score (nSPS) is 13.0. The Kier molecular flexibility index (Phi) is 2.40. The van der Waals surface area contributed by atoms with E-state index in [0.29, 0.717) is 6.54 Å². The molecule has 1 aromatic heterocycles. The second-order valence-corrected chi connectivity index (χ2v) is 2.42. The highest BCUT2D eigenvalue weighted by atomic mass is 16.3. The smallest absolute Gasteiger partial charge is 0.173 e. The SMILES string of the molecule is CC(O)C[n+]1ccccc1. The first-order valence-corrected chi connectivity index (χ1v) is 3.41. The van der Waals surface area contributed by atoms with Gasteiger partial charge in [-0.15, -0.1) is 0 Å². The van der Waals surface area contributed by atoms with Crippen molar-refractivity contribution in [1.29, 1.82) is 0 Å². The van der Waals surface area contributed by atoms with Crippen LogP contribution in [-0.2, 0) is 6.54 Å². The molecule has 0 aromatic carbocycles. The topological polar surface area (TPSA) is 24.1 Å². The Morgan fingerprint density at radius 2 is 1.90 bits per heavy atom. The number of nitrogens with zero attached hydrogens (tertiary/aromatic N) is 1. The summed E-state index contributed by atoms with van der Waals surface area (Å²) in [6, 6.07) is 5.85. The summed E-state index contributed by atoms with van der Waals surface area (Å²) < 4.78 is 1.95. The maximum atomic E-state index is 8.98. The molecule has 0 saturated heterocycles. The van der Waals surface area contributed by atoms with E-state index in [2.05, 4.69) is 0 Å². The summed E-state index contributed by atoms with van der Waals surface area (Å²) in [7, 11) is 0. The molecule has 1 heterocycles. The molecule has 2 heteroatoms. The average molecular weight is 138 g/mol. The second kappa shape index (κ2) is 3.32. The van der Waals surface area contributed by atoms with E-state index in [1.54, 1.807) is 6.92 Å². The van der Waals surface area contributed by atoms with Gasteiger partial charge in [0.1, 0.15) is 6.10 Å². The summed E-state index contributed by atoms with van der Waals surface area (Å²) in [5.74, 6) is 0. The Bertz CT molecular complexity index is 184. The lowest BCUT2D eigenvalue weighted by Gasteiger charge is -1.97. The first kappa shape index (κ1) is 7.22. The number of hydrogen-bond donors (Lipinski definition) is 1. The van der Waals surface area contributed by atoms with E-state index in [4.69, 9.17) is 5.11 Å². The number of aliphatic hydroxyl groups is 1. The molecular weight excluding hydrogens is 126 g/mol. The Morgan fingerprint density at radius 3 is 2.40 bits per heavy atom. The third-order valence-corrected chi connectivity index (χ3v) is 1.25. The number of hydrogen-bond acceptors (Lipinski definition) is 1. The molecule has 0 aliphatic carbocycles. The standard InChI is InChI=1S/C8H12NO/c1-8(10)7-9-5-3-2-4-6-9/h2-6,8,10H,7H2,1H3/q+1. The van der Waals surface area contributed by atoms with Crippen molar-refractivity contribution in [1.82, 2.24) is 0 Å². The lowest BCUT2D eigenvalue weighted by molar-refractivity contribution is -0.703. The van der Waals surface area contributed by atoms with Crippen molar-refractivity contribution in [2.45, 2.75) is 19.6 Å². The van der Waals surface area contributed by atoms with Crippen LogP contribution in [0.4, 0.5) is 0 Å². The molecule has 0 saturated carbocycles. The molecule has 0 spiro atoms. The zero-order chi connectivity index (χ0) is 7.40. The summed E-state index contributed by atoms with van der Waals surface area (Å²) >= 11 is 0. The van der Waals surface area contributed by atoms with E-state index in [0.717, 1.165) is 0 Å². The highest BCUT2D eigenvalue weighted by Crippen LogP contribution is 1.80. The molecule has 1 aromatic rings. The fraction of sp³-hybridized carbons (Fsp3) is 0.375. The van der Waals surface area contributed by atoms with Gasteiger partial charge in [0.15, 0.2) is 18.9 Å². The van der Waals surface area contributed by atoms with Crippen LogP contribution in [0.15, 0.2) is 30.6 Å². The Balaban J connectivity index is 2.59. The third-order valence-electron chi connectivity index (χ3n) is 1.25. The van der Waals surface area contributed by atoms with Crippen molar-refractivity contribution >= 4 is 0 Å². The van der Waals surface area contributed by atoms with Crippen LogP contribution in [0.25, 0.3) is 0 Å². The maximum Gasteiger partial charge on any atom is 0.173 e. The molecule has 0 radical (unpaired) electrons. The largest absolute Gasteiger partial charge is 0.387 e. The van der Waals surface area contributed by atoms with Gasteiger partial charge in [0.05, 0.1) is 0 Å². The van der Waals surface area contributed by atoms with E-state index in [-0.39, 0.29) is 6.10 Å². The summed E-state index contributed by atoms with van der Waals surface area (Å²) in [4.78, 5) is 0. The van der Waals surface area contributed by atoms with Crippen LogP contribution in [0.2, 0.25) is 0 Å². The van der Waals surface area contributed by atoms with E-state index < -0.39 is 0 Å². The maximum absolute atomic E-state index is 8.98. The summed E-state index contributed by atoms with van der Waals surface area (Å²) in [5, 5.41) is 8.98. The van der Waals surface area contributed by atoms with Crippen molar-refractivity contribution < 1.29 is 9.67 Å². The Labute approximate surface area is 60.8 Å². The molecule has 0 bridgehead atoms. The van der Waals surface area contributed by atoms with Crippen LogP contribution in [0, 0.1) is 0 Å². The van der Waals surface area contributed by atoms with Crippen molar-refractivity contribution in [2.75, 3.05) is 0 Å². The molecule has 0 aliphatic rings. The monoisotopic (exact) mass is 138 g/mol. The van der Waals surface area contributed by atoms with Crippen LogP contribution in [-0.4, -0.2) is 11.2 Å². The van der Waals surface area contributed by atoms with Crippen LogP contribution in [0.5, 0.6) is 0 Å². The van der Waals surface area contributed by atoms with E-state index in [9.17, 15) is 0 Å². The van der Waals surface area contributed by atoms with Gasteiger partial charge in [-0.3, -0.25) is 0 Å². The van der Waals surface area contributed by atoms with Gasteiger partial charge in [-0.1, -0.05) is 6.07 Å². The van der Waals surface area contributed by atoms with Crippen LogP contribution >= 0.6 is 0 Å². The molecule has 10 heavy (non-hydrogen) atoms. The average Bonchev–Trinajstić information content (AvgIpc) is 1.88. The number of aromatic nitrogens is 1. The van der Waals surface area contributed by atoms with Gasteiger partial charge in [-0.25, -0.2) is 4.57 Å². The van der Waals surface area contributed by atoms with Crippen LogP contribution < -0.4 is 4.57 Å². The minimum Gasteiger partial charge on any atom is -0.387 e. The fourth-order valence-electron chi connectivity index (χ4n) is 0.861. The minimum atomic E-state index is -0.271. The first-order valence-electron chi connectivity index (χ1n) is 3.41. The molecule has 2 nitrogen and oxygen atoms in total. The molecule has 1 unspecified atom stereocenters. The molecule has 0 amide bonds. The molecule has 0 aliphatic heterocycles. The molecule has 1 rings (SSSR count). The lowest BCUT2D eigenvalue weighted by atomic mass is 10.4. The summed E-state index contributed by atoms with van der Waals surface area (Å²) in [6.07, 6.45) is 3.60. The molecule has 1 atom stereocenters. The van der Waals surface area contributed by atoms with Crippen LogP contribution in [0.1, 0.15) is 6.92 Å². The summed E-state index contributed by atoms with van der Waals surface area (Å²) in [6.45, 7) is 2.45. The fourth-order valence-corrected chi connectivity index (χ4v) is 0.861. The second-order valence-electron chi connectivity index (χ2n) is 2.42. The van der Waals surface area contributed by atoms with Gasteiger partial charge >= 0.3 is 0 Å². The molecule has 0 fully saturated rings. The number of aliphatic hydroxyl groups excluding tert-OH is 1. The summed E-state index contributed by atoms with van der Waals surface area (Å²) in [5.41, 5.74) is 0. The van der Waals surface area contributed by atoms with E-state index in [1.165, 1.54) is 0 Å². The highest BCUT2D eigenvalue weighted by Gasteiger charge is 2.01. The van der Waals surface area contributed by atoms with E-state index >= 15 is 0 Å². The van der Waals surface area contributed by atoms with Crippen LogP contribution in [0.3, 0.4) is 0 Å². The van der Waals surface area contributed by atoms with Gasteiger partial charge in [-0.05, 0) is 6.92 Å². The number of rotatable bonds is 2. The highest BCUT2D eigenvalue weighted by molar-refractivity contribution is 4.83. The predicted molar refractivity (Wildman–Crippen MR) is 38.3 cm³/mol.